The lowest BCUT2D eigenvalue weighted by molar-refractivity contribution is 0.213. The van der Waals surface area contributed by atoms with Crippen molar-refractivity contribution in [3.63, 3.8) is 0 Å². The first-order valence-corrected chi connectivity index (χ1v) is 7.47. The number of H-pyrrole nitrogens is 1. The van der Waals surface area contributed by atoms with Crippen molar-refractivity contribution >= 4 is 0 Å². The van der Waals surface area contributed by atoms with E-state index >= 15 is 0 Å². The summed E-state index contributed by atoms with van der Waals surface area (Å²) in [7, 11) is 0. The highest BCUT2D eigenvalue weighted by Crippen LogP contribution is 2.19. The lowest BCUT2D eigenvalue weighted by Crippen LogP contribution is -2.35. The third-order valence-electron chi connectivity index (χ3n) is 3.75. The van der Waals surface area contributed by atoms with Gasteiger partial charge >= 0.3 is 0 Å². The molecule has 2 aromatic rings. The highest BCUT2D eigenvalue weighted by atomic mass is 15.2. The van der Waals surface area contributed by atoms with E-state index in [1.165, 1.54) is 11.3 Å². The van der Waals surface area contributed by atoms with Crippen molar-refractivity contribution in [3.8, 4) is 0 Å². The summed E-state index contributed by atoms with van der Waals surface area (Å²) in [6, 6.07) is 15.3. The highest BCUT2D eigenvalue weighted by molar-refractivity contribution is 5.19. The molecule has 2 N–H and O–H groups in total. The van der Waals surface area contributed by atoms with Crippen LogP contribution < -0.4 is 5.32 Å². The van der Waals surface area contributed by atoms with E-state index in [-0.39, 0.29) is 0 Å². The topological polar surface area (TPSA) is 31.1 Å². The second kappa shape index (κ2) is 7.88. The quantitative estimate of drug-likeness (QED) is 0.772. The molecule has 0 radical (unpaired) electrons. The molecule has 0 fully saturated rings. The van der Waals surface area contributed by atoms with E-state index in [9.17, 15) is 0 Å². The standard InChI is InChI=1S/C17H25N3/c1-3-20(4-2)17(15-9-6-5-7-10-15)14-18-13-16-11-8-12-19-16/h5-12,17-19H,3-4,13-14H2,1-2H3. The molecule has 2 rings (SSSR count). The van der Waals surface area contributed by atoms with Crippen LogP contribution in [0.3, 0.4) is 0 Å². The van der Waals surface area contributed by atoms with Crippen LogP contribution in [0, 0.1) is 0 Å². The molecule has 20 heavy (non-hydrogen) atoms. The van der Waals surface area contributed by atoms with Crippen LogP contribution in [0.5, 0.6) is 0 Å². The Morgan fingerprint density at radius 3 is 2.40 bits per heavy atom. The minimum atomic E-state index is 0.432. The number of hydrogen-bond donors (Lipinski definition) is 2. The van der Waals surface area contributed by atoms with Crippen LogP contribution in [0.15, 0.2) is 48.7 Å². The van der Waals surface area contributed by atoms with Gasteiger partial charge in [-0.15, -0.1) is 0 Å². The molecule has 3 nitrogen and oxygen atoms in total. The van der Waals surface area contributed by atoms with Crippen molar-refractivity contribution in [2.45, 2.75) is 26.4 Å². The maximum absolute atomic E-state index is 3.56. The predicted molar refractivity (Wildman–Crippen MR) is 84.6 cm³/mol. The Morgan fingerprint density at radius 1 is 1.05 bits per heavy atom. The molecule has 1 heterocycles. The molecule has 0 spiro atoms. The molecular formula is C17H25N3. The van der Waals surface area contributed by atoms with Gasteiger partial charge in [0.05, 0.1) is 0 Å². The lowest BCUT2D eigenvalue weighted by atomic mass is 10.1. The number of aromatic nitrogens is 1. The monoisotopic (exact) mass is 271 g/mol. The van der Waals surface area contributed by atoms with Gasteiger partial charge in [0.25, 0.3) is 0 Å². The normalized spacial score (nSPS) is 12.8. The first-order valence-electron chi connectivity index (χ1n) is 7.47. The van der Waals surface area contributed by atoms with Crippen molar-refractivity contribution in [2.24, 2.45) is 0 Å². The van der Waals surface area contributed by atoms with Gasteiger partial charge in [-0.25, -0.2) is 0 Å². The fourth-order valence-corrected chi connectivity index (χ4v) is 2.62. The Kier molecular flexibility index (Phi) is 5.84. The van der Waals surface area contributed by atoms with Gasteiger partial charge in [0.1, 0.15) is 0 Å². The molecule has 1 unspecified atom stereocenters. The molecule has 0 aliphatic heterocycles. The SMILES string of the molecule is CCN(CC)C(CNCc1ccc[nH]1)c1ccccc1. The molecule has 0 aliphatic rings. The molecule has 1 aromatic heterocycles. The maximum Gasteiger partial charge on any atom is 0.0472 e. The minimum Gasteiger partial charge on any atom is -0.364 e. The second-order valence-corrected chi connectivity index (χ2v) is 4.97. The number of likely N-dealkylation sites (N-methyl/N-ethyl adjacent to an activating group) is 1. The van der Waals surface area contributed by atoms with E-state index in [0.29, 0.717) is 6.04 Å². The fraction of sp³-hybridized carbons (Fsp3) is 0.412. The van der Waals surface area contributed by atoms with E-state index in [4.69, 9.17) is 0 Å². The molecule has 0 saturated heterocycles. The highest BCUT2D eigenvalue weighted by Gasteiger charge is 2.17. The summed E-state index contributed by atoms with van der Waals surface area (Å²) in [5.74, 6) is 0. The Hall–Kier alpha value is -1.58. The van der Waals surface area contributed by atoms with Crippen molar-refractivity contribution in [3.05, 3.63) is 59.9 Å². The van der Waals surface area contributed by atoms with Crippen molar-refractivity contribution < 1.29 is 0 Å². The molecule has 0 aliphatic carbocycles. The van der Waals surface area contributed by atoms with E-state index < -0.39 is 0 Å². The minimum absolute atomic E-state index is 0.432. The smallest absolute Gasteiger partial charge is 0.0472 e. The van der Waals surface area contributed by atoms with E-state index in [1.54, 1.807) is 0 Å². The van der Waals surface area contributed by atoms with Crippen molar-refractivity contribution in [2.75, 3.05) is 19.6 Å². The number of nitrogens with zero attached hydrogens (tertiary/aromatic N) is 1. The fourth-order valence-electron chi connectivity index (χ4n) is 2.62. The van der Waals surface area contributed by atoms with Crippen LogP contribution in [-0.4, -0.2) is 29.5 Å². The summed E-state index contributed by atoms with van der Waals surface area (Å²) < 4.78 is 0. The summed E-state index contributed by atoms with van der Waals surface area (Å²) in [5.41, 5.74) is 2.62. The average molecular weight is 271 g/mol. The third kappa shape index (κ3) is 3.95. The number of aromatic amines is 1. The van der Waals surface area contributed by atoms with E-state index in [2.05, 4.69) is 65.4 Å². The van der Waals surface area contributed by atoms with Crippen LogP contribution in [-0.2, 0) is 6.54 Å². The zero-order valence-electron chi connectivity index (χ0n) is 12.5. The van der Waals surface area contributed by atoms with Gasteiger partial charge in [-0.1, -0.05) is 44.2 Å². The molecule has 0 saturated carbocycles. The van der Waals surface area contributed by atoms with E-state index in [0.717, 1.165) is 26.2 Å². The van der Waals surface area contributed by atoms with Gasteiger partial charge in [0, 0.05) is 31.0 Å². The number of hydrogen-bond acceptors (Lipinski definition) is 2. The Labute approximate surface area is 122 Å². The zero-order chi connectivity index (χ0) is 14.2. The van der Waals surface area contributed by atoms with Gasteiger partial charge in [-0.2, -0.15) is 0 Å². The summed E-state index contributed by atoms with van der Waals surface area (Å²) in [4.78, 5) is 5.73. The molecule has 108 valence electrons. The van der Waals surface area contributed by atoms with Crippen molar-refractivity contribution in [1.82, 2.24) is 15.2 Å². The third-order valence-corrected chi connectivity index (χ3v) is 3.75. The molecule has 1 atom stereocenters. The molecular weight excluding hydrogens is 246 g/mol. The largest absolute Gasteiger partial charge is 0.364 e. The Morgan fingerprint density at radius 2 is 1.80 bits per heavy atom. The summed E-state index contributed by atoms with van der Waals surface area (Å²) in [6.07, 6.45) is 1.97. The Bertz CT molecular complexity index is 460. The van der Waals surface area contributed by atoms with Gasteiger partial charge in [-0.3, -0.25) is 4.90 Å². The molecule has 3 heteroatoms. The molecule has 1 aromatic carbocycles. The number of benzene rings is 1. The number of nitrogens with one attached hydrogen (secondary N) is 2. The first-order chi connectivity index (χ1) is 9.85. The van der Waals surface area contributed by atoms with Crippen LogP contribution in [0.25, 0.3) is 0 Å². The first kappa shape index (κ1) is 14.8. The molecule has 0 amide bonds. The summed E-state index contributed by atoms with van der Waals surface area (Å²) in [5, 5.41) is 3.56. The van der Waals surface area contributed by atoms with Crippen LogP contribution in [0.1, 0.15) is 31.1 Å². The predicted octanol–water partition coefficient (Wildman–Crippen LogP) is 3.19. The van der Waals surface area contributed by atoms with Crippen LogP contribution >= 0.6 is 0 Å². The van der Waals surface area contributed by atoms with Gasteiger partial charge in [0.2, 0.25) is 0 Å². The zero-order valence-corrected chi connectivity index (χ0v) is 12.5. The van der Waals surface area contributed by atoms with Gasteiger partial charge in [0.15, 0.2) is 0 Å². The summed E-state index contributed by atoms with van der Waals surface area (Å²) in [6.45, 7) is 8.44. The second-order valence-electron chi connectivity index (χ2n) is 4.97. The average Bonchev–Trinajstić information content (AvgIpc) is 3.01. The maximum atomic E-state index is 3.56. The van der Waals surface area contributed by atoms with Crippen molar-refractivity contribution in [1.29, 1.82) is 0 Å². The van der Waals surface area contributed by atoms with Crippen LogP contribution in [0.4, 0.5) is 0 Å². The van der Waals surface area contributed by atoms with E-state index in [1.807, 2.05) is 12.3 Å². The number of rotatable bonds is 8. The summed E-state index contributed by atoms with van der Waals surface area (Å²) >= 11 is 0. The van der Waals surface area contributed by atoms with Gasteiger partial charge in [-0.05, 0) is 30.8 Å². The lowest BCUT2D eigenvalue weighted by Gasteiger charge is -2.30. The van der Waals surface area contributed by atoms with Crippen LogP contribution in [0.2, 0.25) is 0 Å². The Balaban J connectivity index is 1.99. The van der Waals surface area contributed by atoms with Gasteiger partial charge < -0.3 is 10.3 Å². The molecule has 0 bridgehead atoms.